The van der Waals surface area contributed by atoms with Crippen LogP contribution in [0.4, 0.5) is 0 Å². The Morgan fingerprint density at radius 2 is 2.00 bits per heavy atom. The van der Waals surface area contributed by atoms with E-state index in [9.17, 15) is 0 Å². The average Bonchev–Trinajstić information content (AvgIpc) is 2.74. The van der Waals surface area contributed by atoms with Crippen LogP contribution >= 0.6 is 11.3 Å². The first-order chi connectivity index (χ1) is 8.58. The predicted molar refractivity (Wildman–Crippen MR) is 74.9 cm³/mol. The van der Waals surface area contributed by atoms with Gasteiger partial charge in [0, 0.05) is 24.0 Å². The number of morpholine rings is 1. The number of hydrogen-bond acceptors (Lipinski definition) is 5. The molecule has 5 heteroatoms. The van der Waals surface area contributed by atoms with Gasteiger partial charge in [0.1, 0.15) is 5.01 Å². The number of nitrogens with two attached hydrogens (primary N) is 1. The van der Waals surface area contributed by atoms with Crippen molar-refractivity contribution in [3.63, 3.8) is 0 Å². The first kappa shape index (κ1) is 13.9. The summed E-state index contributed by atoms with van der Waals surface area (Å²) in [5, 5.41) is 1.19. The maximum Gasteiger partial charge on any atom is 0.107 e. The van der Waals surface area contributed by atoms with Crippen LogP contribution in [0.25, 0.3) is 0 Å². The van der Waals surface area contributed by atoms with Crippen molar-refractivity contribution >= 4 is 11.3 Å². The van der Waals surface area contributed by atoms with E-state index < -0.39 is 0 Å². The summed E-state index contributed by atoms with van der Waals surface area (Å²) in [7, 11) is 0. The lowest BCUT2D eigenvalue weighted by Crippen LogP contribution is -2.35. The largest absolute Gasteiger partial charge is 0.379 e. The van der Waals surface area contributed by atoms with E-state index in [1.54, 1.807) is 11.3 Å². The third kappa shape index (κ3) is 3.29. The molecule has 1 aliphatic heterocycles. The van der Waals surface area contributed by atoms with Crippen LogP contribution in [0.1, 0.15) is 48.3 Å². The zero-order chi connectivity index (χ0) is 13.1. The molecule has 1 atom stereocenters. The summed E-state index contributed by atoms with van der Waals surface area (Å²) < 4.78 is 5.36. The third-order valence-corrected chi connectivity index (χ3v) is 4.41. The number of rotatable bonds is 4. The number of nitrogens with zero attached hydrogens (tertiary/aromatic N) is 2. The topological polar surface area (TPSA) is 51.4 Å². The minimum absolute atomic E-state index is 0.0818. The van der Waals surface area contributed by atoms with Crippen molar-refractivity contribution in [2.45, 2.75) is 39.3 Å². The molecule has 1 unspecified atom stereocenters. The first-order valence-electron chi connectivity index (χ1n) is 6.63. The first-order valence-corrected chi connectivity index (χ1v) is 7.44. The summed E-state index contributed by atoms with van der Waals surface area (Å²) >= 11 is 1.77. The molecule has 0 bridgehead atoms. The second kappa shape index (κ2) is 6.10. The van der Waals surface area contributed by atoms with Gasteiger partial charge in [-0.15, -0.1) is 11.3 Å². The van der Waals surface area contributed by atoms with Crippen molar-refractivity contribution in [2.75, 3.05) is 26.3 Å². The van der Waals surface area contributed by atoms with Gasteiger partial charge in [-0.1, -0.05) is 13.8 Å². The normalized spacial score (nSPS) is 19.4. The molecule has 0 radical (unpaired) electrons. The van der Waals surface area contributed by atoms with E-state index in [4.69, 9.17) is 15.5 Å². The van der Waals surface area contributed by atoms with Crippen LogP contribution in [-0.4, -0.2) is 36.2 Å². The zero-order valence-corrected chi connectivity index (χ0v) is 12.3. The van der Waals surface area contributed by atoms with Gasteiger partial charge in [0.2, 0.25) is 0 Å². The van der Waals surface area contributed by atoms with E-state index in [0.29, 0.717) is 5.92 Å². The highest BCUT2D eigenvalue weighted by Crippen LogP contribution is 2.30. The molecule has 4 nitrogen and oxygen atoms in total. The summed E-state index contributed by atoms with van der Waals surface area (Å²) in [6.45, 7) is 11.0. The van der Waals surface area contributed by atoms with Crippen molar-refractivity contribution in [3.05, 3.63) is 15.6 Å². The number of thiazole rings is 1. The van der Waals surface area contributed by atoms with E-state index in [1.165, 1.54) is 15.6 Å². The molecule has 18 heavy (non-hydrogen) atoms. The molecule has 0 spiro atoms. The lowest BCUT2D eigenvalue weighted by atomic mass is 10.1. The summed E-state index contributed by atoms with van der Waals surface area (Å²) in [6.07, 6.45) is 0. The van der Waals surface area contributed by atoms with E-state index in [2.05, 4.69) is 18.7 Å². The highest BCUT2D eigenvalue weighted by Gasteiger charge is 2.19. The van der Waals surface area contributed by atoms with Crippen LogP contribution in [-0.2, 0) is 11.3 Å². The second-order valence-corrected chi connectivity index (χ2v) is 6.30. The van der Waals surface area contributed by atoms with Gasteiger partial charge >= 0.3 is 0 Å². The average molecular weight is 269 g/mol. The van der Waals surface area contributed by atoms with E-state index in [-0.39, 0.29) is 6.04 Å². The molecule has 2 N–H and O–H groups in total. The van der Waals surface area contributed by atoms with Crippen molar-refractivity contribution in [1.82, 2.24) is 9.88 Å². The molecular formula is C13H23N3OS. The minimum atomic E-state index is 0.0818. The Morgan fingerprint density at radius 1 is 1.33 bits per heavy atom. The van der Waals surface area contributed by atoms with Gasteiger partial charge in [-0.3, -0.25) is 4.90 Å². The Labute approximate surface area is 113 Å². The maximum absolute atomic E-state index is 6.04. The van der Waals surface area contributed by atoms with E-state index >= 15 is 0 Å². The predicted octanol–water partition coefficient (Wildman–Crippen LogP) is 2.12. The fourth-order valence-electron chi connectivity index (χ4n) is 2.15. The smallest absolute Gasteiger partial charge is 0.107 e. The molecule has 0 amide bonds. The van der Waals surface area contributed by atoms with Crippen molar-refractivity contribution in [3.8, 4) is 0 Å². The Morgan fingerprint density at radius 3 is 2.50 bits per heavy atom. The quantitative estimate of drug-likeness (QED) is 0.909. The Bertz CT molecular complexity index is 358. The van der Waals surface area contributed by atoms with Crippen LogP contribution in [0.3, 0.4) is 0 Å². The van der Waals surface area contributed by atoms with Gasteiger partial charge in [0.05, 0.1) is 25.5 Å². The van der Waals surface area contributed by atoms with Gasteiger partial charge in [0.25, 0.3) is 0 Å². The minimum Gasteiger partial charge on any atom is -0.379 e. The fourth-order valence-corrected chi connectivity index (χ4v) is 3.37. The number of hydrogen-bond donors (Lipinski definition) is 1. The van der Waals surface area contributed by atoms with Crippen LogP contribution < -0.4 is 5.73 Å². The zero-order valence-electron chi connectivity index (χ0n) is 11.5. The SMILES string of the molecule is CC(C)c1nc(CN2CCOCC2)sc1C(C)N. The van der Waals surface area contributed by atoms with Crippen LogP contribution in [0.5, 0.6) is 0 Å². The Hall–Kier alpha value is -0.490. The summed E-state index contributed by atoms with van der Waals surface area (Å²) in [6, 6.07) is 0.0818. The lowest BCUT2D eigenvalue weighted by molar-refractivity contribution is 0.0341. The lowest BCUT2D eigenvalue weighted by Gasteiger charge is -2.25. The molecule has 0 aliphatic carbocycles. The number of ether oxygens (including phenoxy) is 1. The fraction of sp³-hybridized carbons (Fsp3) is 0.769. The molecule has 1 aliphatic rings. The van der Waals surface area contributed by atoms with Gasteiger partial charge in [-0.05, 0) is 12.8 Å². The van der Waals surface area contributed by atoms with Crippen molar-refractivity contribution < 1.29 is 4.74 Å². The molecule has 1 aromatic rings. The third-order valence-electron chi connectivity index (χ3n) is 3.15. The molecule has 2 rings (SSSR count). The standard InChI is InChI=1S/C13H23N3OS/c1-9(2)12-13(10(3)14)18-11(15-12)8-16-4-6-17-7-5-16/h9-10H,4-8,14H2,1-3H3. The molecule has 1 aromatic heterocycles. The van der Waals surface area contributed by atoms with Gasteiger partial charge in [-0.25, -0.2) is 4.98 Å². The monoisotopic (exact) mass is 269 g/mol. The van der Waals surface area contributed by atoms with Gasteiger partial charge in [0.15, 0.2) is 0 Å². The van der Waals surface area contributed by atoms with Gasteiger partial charge in [-0.2, -0.15) is 0 Å². The van der Waals surface area contributed by atoms with Crippen LogP contribution in [0, 0.1) is 0 Å². The van der Waals surface area contributed by atoms with Crippen molar-refractivity contribution in [1.29, 1.82) is 0 Å². The maximum atomic E-state index is 6.04. The Kier molecular flexibility index (Phi) is 4.72. The molecule has 1 saturated heterocycles. The van der Waals surface area contributed by atoms with E-state index in [0.717, 1.165) is 32.8 Å². The van der Waals surface area contributed by atoms with Gasteiger partial charge < -0.3 is 10.5 Å². The number of aromatic nitrogens is 1. The van der Waals surface area contributed by atoms with Crippen LogP contribution in [0.2, 0.25) is 0 Å². The summed E-state index contributed by atoms with van der Waals surface area (Å²) in [5.41, 5.74) is 7.21. The van der Waals surface area contributed by atoms with Crippen molar-refractivity contribution in [2.24, 2.45) is 5.73 Å². The van der Waals surface area contributed by atoms with Crippen LogP contribution in [0.15, 0.2) is 0 Å². The van der Waals surface area contributed by atoms with E-state index in [1.807, 2.05) is 6.92 Å². The summed E-state index contributed by atoms with van der Waals surface area (Å²) in [5.74, 6) is 0.445. The second-order valence-electron chi connectivity index (χ2n) is 5.19. The highest BCUT2D eigenvalue weighted by molar-refractivity contribution is 7.11. The molecular weight excluding hydrogens is 246 g/mol. The molecule has 2 heterocycles. The molecule has 0 saturated carbocycles. The summed E-state index contributed by atoms with van der Waals surface area (Å²) in [4.78, 5) is 8.43. The molecule has 1 fully saturated rings. The Balaban J connectivity index is 2.10. The molecule has 0 aromatic carbocycles. The highest BCUT2D eigenvalue weighted by atomic mass is 32.1. The molecule has 102 valence electrons.